The predicted molar refractivity (Wildman–Crippen MR) is 118 cm³/mol. The maximum atomic E-state index is 13.6. The number of phenolic OH excluding ortho intramolecular Hbond substituents is 1. The van der Waals surface area contributed by atoms with Crippen LogP contribution in [0.1, 0.15) is 23.6 Å². The Balaban J connectivity index is 1.85. The number of phenols is 1. The van der Waals surface area contributed by atoms with Gasteiger partial charge in [0.1, 0.15) is 10.1 Å². The molecule has 1 aliphatic heterocycles. The highest BCUT2D eigenvalue weighted by Gasteiger charge is 2.35. The third-order valence-corrected chi connectivity index (χ3v) is 6.79. The highest BCUT2D eigenvalue weighted by Crippen LogP contribution is 2.41. The molecule has 2 aromatic carbocycles. The highest BCUT2D eigenvalue weighted by atomic mass is 32.2. The molecule has 3 aromatic rings. The van der Waals surface area contributed by atoms with E-state index in [1.54, 1.807) is 24.4 Å². The van der Waals surface area contributed by atoms with Gasteiger partial charge in [0, 0.05) is 5.39 Å². The molecular formula is C21H16F3N3O2S2. The van der Waals surface area contributed by atoms with E-state index in [0.717, 1.165) is 16.7 Å². The lowest BCUT2D eigenvalue weighted by Gasteiger charge is -2.16. The van der Waals surface area contributed by atoms with Gasteiger partial charge in [0.25, 0.3) is 5.91 Å². The molecule has 1 amide bonds. The van der Waals surface area contributed by atoms with Crippen molar-refractivity contribution in [2.45, 2.75) is 19.5 Å². The van der Waals surface area contributed by atoms with Crippen molar-refractivity contribution in [2.24, 2.45) is 4.99 Å². The molecule has 0 saturated heterocycles. The average molecular weight is 464 g/mol. The van der Waals surface area contributed by atoms with Crippen LogP contribution in [0.4, 0.5) is 13.2 Å². The van der Waals surface area contributed by atoms with Gasteiger partial charge in [-0.3, -0.25) is 9.89 Å². The van der Waals surface area contributed by atoms with Crippen LogP contribution in [0.3, 0.4) is 0 Å². The Morgan fingerprint density at radius 1 is 1.23 bits per heavy atom. The van der Waals surface area contributed by atoms with Crippen molar-refractivity contribution in [2.75, 3.05) is 5.75 Å². The van der Waals surface area contributed by atoms with Crippen LogP contribution in [0.2, 0.25) is 0 Å². The first-order chi connectivity index (χ1) is 14.8. The molecule has 0 fully saturated rings. The van der Waals surface area contributed by atoms with Crippen LogP contribution in [-0.4, -0.2) is 31.3 Å². The summed E-state index contributed by atoms with van der Waals surface area (Å²) in [5.74, 6) is -0.212. The zero-order chi connectivity index (χ0) is 22.2. The second-order valence-electron chi connectivity index (χ2n) is 6.71. The van der Waals surface area contributed by atoms with Crippen LogP contribution >= 0.6 is 23.5 Å². The number of aliphatic imine (C=N–C) groups is 1. The van der Waals surface area contributed by atoms with Gasteiger partial charge >= 0.3 is 6.18 Å². The smallest absolute Gasteiger partial charge is 0.416 e. The van der Waals surface area contributed by atoms with Gasteiger partial charge < -0.3 is 5.11 Å². The quantitative estimate of drug-likeness (QED) is 0.491. The lowest BCUT2D eigenvalue weighted by atomic mass is 9.93. The third-order valence-electron chi connectivity index (χ3n) is 4.67. The van der Waals surface area contributed by atoms with Crippen LogP contribution in [0.25, 0.3) is 16.5 Å². The minimum atomic E-state index is -4.65. The van der Waals surface area contributed by atoms with Crippen LogP contribution in [-0.2, 0) is 17.4 Å². The molecule has 5 nitrogen and oxygen atoms in total. The Hall–Kier alpha value is -2.72. The summed E-state index contributed by atoms with van der Waals surface area (Å²) in [6, 6.07) is 8.46. The lowest BCUT2D eigenvalue weighted by molar-refractivity contribution is -0.138. The van der Waals surface area contributed by atoms with Gasteiger partial charge in [-0.05, 0) is 53.1 Å². The molecule has 4 rings (SSSR count). The summed E-state index contributed by atoms with van der Waals surface area (Å²) in [6.45, 7) is 1.93. The number of benzene rings is 2. The summed E-state index contributed by atoms with van der Waals surface area (Å²) < 4.78 is 41.5. The molecule has 2 heterocycles. The van der Waals surface area contributed by atoms with E-state index in [0.29, 0.717) is 26.5 Å². The van der Waals surface area contributed by atoms with Gasteiger partial charge in [0.2, 0.25) is 0 Å². The summed E-state index contributed by atoms with van der Waals surface area (Å²) in [4.78, 5) is 17.0. The van der Waals surface area contributed by atoms with Crippen LogP contribution < -0.4 is 0 Å². The molecule has 10 heteroatoms. The topological polar surface area (TPSA) is 78.3 Å². The number of alkyl halides is 3. The summed E-state index contributed by atoms with van der Waals surface area (Å²) in [6.07, 6.45) is -3.18. The molecule has 0 bridgehead atoms. The van der Waals surface area contributed by atoms with Gasteiger partial charge in [-0.2, -0.15) is 23.3 Å². The second kappa shape index (κ2) is 8.43. The number of aromatic nitrogens is 2. The van der Waals surface area contributed by atoms with Gasteiger partial charge in [-0.1, -0.05) is 42.6 Å². The number of aromatic hydroxyl groups is 1. The molecule has 0 unspecified atom stereocenters. The first-order valence-corrected chi connectivity index (χ1v) is 11.1. The molecule has 0 saturated carbocycles. The maximum Gasteiger partial charge on any atom is 0.416 e. The van der Waals surface area contributed by atoms with Crippen LogP contribution in [0.15, 0.2) is 52.5 Å². The number of fused-ring (bicyclic) bond motifs is 1. The van der Waals surface area contributed by atoms with Gasteiger partial charge in [-0.25, -0.2) is 0 Å². The van der Waals surface area contributed by atoms with E-state index in [2.05, 4.69) is 15.2 Å². The van der Waals surface area contributed by atoms with E-state index in [9.17, 15) is 23.1 Å². The fourth-order valence-electron chi connectivity index (χ4n) is 3.28. The fourth-order valence-corrected chi connectivity index (χ4v) is 5.26. The molecule has 31 heavy (non-hydrogen) atoms. The van der Waals surface area contributed by atoms with Crippen molar-refractivity contribution in [3.05, 3.63) is 64.2 Å². The molecule has 1 aromatic heterocycles. The van der Waals surface area contributed by atoms with Crippen molar-refractivity contribution < 1.29 is 23.1 Å². The summed E-state index contributed by atoms with van der Waals surface area (Å²) in [7, 11) is 0. The van der Waals surface area contributed by atoms with E-state index in [-0.39, 0.29) is 12.0 Å². The first kappa shape index (κ1) is 21.5. The van der Waals surface area contributed by atoms with E-state index >= 15 is 0 Å². The molecule has 2 N–H and O–H groups in total. The number of H-pyrrole nitrogens is 1. The number of rotatable bonds is 4. The van der Waals surface area contributed by atoms with Gasteiger partial charge in [0.15, 0.2) is 0 Å². The molecule has 0 aliphatic carbocycles. The van der Waals surface area contributed by atoms with Crippen molar-refractivity contribution in [1.82, 2.24) is 10.2 Å². The van der Waals surface area contributed by atoms with Crippen LogP contribution in [0, 0.1) is 0 Å². The molecule has 0 atom stereocenters. The van der Waals surface area contributed by atoms with E-state index in [4.69, 9.17) is 0 Å². The molecule has 1 aliphatic rings. The first-order valence-electron chi connectivity index (χ1n) is 9.25. The van der Waals surface area contributed by atoms with E-state index in [1.165, 1.54) is 35.7 Å². The Bertz CT molecular complexity index is 1230. The Labute approximate surface area is 183 Å². The number of thioether (sulfide) groups is 2. The molecule has 0 spiro atoms. The number of carbonyl (C=O) groups is 1. The van der Waals surface area contributed by atoms with E-state index < -0.39 is 23.4 Å². The number of nitrogens with zero attached hydrogens (tertiary/aromatic N) is 2. The molecular weight excluding hydrogens is 447 g/mol. The number of nitrogens with one attached hydrogen (secondary N) is 1. The van der Waals surface area contributed by atoms with Gasteiger partial charge in [-0.15, -0.1) is 0 Å². The summed E-state index contributed by atoms with van der Waals surface area (Å²) in [5.41, 5.74) is 0.867. The monoisotopic (exact) mass is 463 g/mol. The van der Waals surface area contributed by atoms with Crippen LogP contribution in [0.5, 0.6) is 5.75 Å². The Kier molecular flexibility index (Phi) is 5.85. The maximum absolute atomic E-state index is 13.6. The predicted octanol–water partition coefficient (Wildman–Crippen LogP) is 5.62. The van der Waals surface area contributed by atoms with Crippen molar-refractivity contribution in [3.8, 4) is 5.75 Å². The minimum Gasteiger partial charge on any atom is -0.508 e. The number of hydrogen-bond donors (Lipinski definition) is 2. The number of halogens is 3. The second-order valence-corrected chi connectivity index (χ2v) is 9.22. The number of amides is 1. The number of carbonyl (C=O) groups excluding carboxylic acids is 1. The highest BCUT2D eigenvalue weighted by molar-refractivity contribution is 8.41. The summed E-state index contributed by atoms with van der Waals surface area (Å²) in [5, 5.41) is 17.2. The Morgan fingerprint density at radius 3 is 2.77 bits per heavy atom. The normalized spacial score (nSPS) is 16.1. The standard InChI is InChI=1S/C21H16F3N3O2S2/c1-2-30-20-26-19(29)18(31-20)15(11-4-6-17-13(7-11)10-25-27-17)8-12-3-5-14(28)9-16(12)21(22,23)24/h3-7,9-10,28H,2,8H2,1H3,(H,25,27). The van der Waals surface area contributed by atoms with E-state index in [1.807, 2.05) is 6.92 Å². The minimum absolute atomic E-state index is 0.0370. The number of aromatic amines is 1. The van der Waals surface area contributed by atoms with Crippen molar-refractivity contribution >= 4 is 50.3 Å². The molecule has 160 valence electrons. The number of allylic oxidation sites excluding steroid dienone is 1. The lowest BCUT2D eigenvalue weighted by Crippen LogP contribution is -2.10. The average Bonchev–Trinajstić information content (AvgIpc) is 3.32. The van der Waals surface area contributed by atoms with Crippen molar-refractivity contribution in [1.29, 1.82) is 0 Å². The summed E-state index contributed by atoms with van der Waals surface area (Å²) >= 11 is 2.59. The third kappa shape index (κ3) is 4.49. The SMILES string of the molecule is CCSC1=NC(=O)C(=C(Cc2ccc(O)cc2C(F)(F)F)c2ccc3[nH]ncc3c2)S1. The fraction of sp³-hybridized carbons (Fsp3) is 0.190. The zero-order valence-electron chi connectivity index (χ0n) is 16.2. The van der Waals surface area contributed by atoms with Crippen molar-refractivity contribution in [3.63, 3.8) is 0 Å². The zero-order valence-corrected chi connectivity index (χ0v) is 17.8. The van der Waals surface area contributed by atoms with Gasteiger partial charge in [0.05, 0.1) is 22.2 Å². The largest absolute Gasteiger partial charge is 0.508 e. The Morgan fingerprint density at radius 2 is 2.03 bits per heavy atom. The number of hydrogen-bond acceptors (Lipinski definition) is 5. The molecule has 0 radical (unpaired) electrons.